The van der Waals surface area contributed by atoms with Crippen molar-refractivity contribution in [2.45, 2.75) is 41.2 Å². The van der Waals surface area contributed by atoms with Crippen molar-refractivity contribution in [3.8, 4) is 0 Å². The number of halogens is 1. The van der Waals surface area contributed by atoms with Gasteiger partial charge < -0.3 is 9.88 Å². The number of anilines is 1. The van der Waals surface area contributed by atoms with Crippen LogP contribution in [0.1, 0.15) is 34.6 Å². The molecule has 0 unspecified atom stereocenters. The van der Waals surface area contributed by atoms with Gasteiger partial charge >= 0.3 is 0 Å². The number of carbonyl (C=O) groups excluding carboxylic acids is 1. The first-order valence-corrected chi connectivity index (χ1v) is 7.16. The van der Waals surface area contributed by atoms with Crippen molar-refractivity contribution in [1.29, 1.82) is 0 Å². The van der Waals surface area contributed by atoms with E-state index < -0.39 is 0 Å². The quantitative estimate of drug-likeness (QED) is 0.925. The number of aryl methyl sites for hydroxylation is 1. The van der Waals surface area contributed by atoms with Crippen molar-refractivity contribution in [3.63, 3.8) is 0 Å². The van der Waals surface area contributed by atoms with Crippen LogP contribution in [0, 0.1) is 11.3 Å². The minimum absolute atomic E-state index is 0.134. The third kappa shape index (κ3) is 3.93. The van der Waals surface area contributed by atoms with Crippen molar-refractivity contribution in [1.82, 2.24) is 4.57 Å². The molecule has 1 atom stereocenters. The Kier molecular flexibility index (Phi) is 4.96. The van der Waals surface area contributed by atoms with Crippen LogP contribution >= 0.6 is 15.9 Å². The summed E-state index contributed by atoms with van der Waals surface area (Å²) in [5.41, 5.74) is -0.0173. The fourth-order valence-corrected chi connectivity index (χ4v) is 1.98. The Hall–Kier alpha value is -1.10. The Bertz CT molecular complexity index is 529. The molecule has 1 rings (SSSR count). The van der Waals surface area contributed by atoms with Gasteiger partial charge in [-0.3, -0.25) is 9.59 Å². The number of rotatable bonds is 3. The first-order valence-electron chi connectivity index (χ1n) is 6.37. The lowest BCUT2D eigenvalue weighted by Crippen LogP contribution is -2.32. The van der Waals surface area contributed by atoms with Gasteiger partial charge in [-0.2, -0.15) is 0 Å². The van der Waals surface area contributed by atoms with Crippen molar-refractivity contribution < 1.29 is 4.79 Å². The van der Waals surface area contributed by atoms with E-state index in [1.807, 2.05) is 39.2 Å². The molecule has 0 aromatic carbocycles. The van der Waals surface area contributed by atoms with Crippen LogP contribution in [0.15, 0.2) is 21.7 Å². The topological polar surface area (TPSA) is 51.1 Å². The first-order chi connectivity index (χ1) is 8.66. The minimum Gasteiger partial charge on any atom is -0.351 e. The molecule has 0 bridgehead atoms. The van der Waals surface area contributed by atoms with Crippen molar-refractivity contribution >= 4 is 27.5 Å². The normalized spacial score (nSPS) is 13.2. The van der Waals surface area contributed by atoms with Gasteiger partial charge in [-0.1, -0.05) is 27.7 Å². The van der Waals surface area contributed by atoms with E-state index in [-0.39, 0.29) is 22.7 Å². The van der Waals surface area contributed by atoms with Gasteiger partial charge in [-0.25, -0.2) is 0 Å². The summed E-state index contributed by atoms with van der Waals surface area (Å²) in [6.45, 7) is 10.6. The zero-order chi connectivity index (χ0) is 14.8. The predicted octanol–water partition coefficient (Wildman–Crippen LogP) is 3.25. The summed E-state index contributed by atoms with van der Waals surface area (Å²) in [5.74, 6) is -0.314. The maximum absolute atomic E-state index is 12.1. The minimum atomic E-state index is -0.195. The van der Waals surface area contributed by atoms with E-state index in [4.69, 9.17) is 0 Å². The van der Waals surface area contributed by atoms with E-state index in [1.54, 1.807) is 12.4 Å². The van der Waals surface area contributed by atoms with Crippen LogP contribution in [0.25, 0.3) is 0 Å². The van der Waals surface area contributed by atoms with E-state index in [1.165, 1.54) is 0 Å². The molecule has 106 valence electrons. The van der Waals surface area contributed by atoms with E-state index >= 15 is 0 Å². The molecule has 1 N–H and O–H groups in total. The average molecular weight is 329 g/mol. The van der Waals surface area contributed by atoms with E-state index in [9.17, 15) is 9.59 Å². The molecule has 0 radical (unpaired) electrons. The second kappa shape index (κ2) is 5.90. The molecule has 0 spiro atoms. The summed E-state index contributed by atoms with van der Waals surface area (Å²) in [6.07, 6.45) is 3.38. The summed E-state index contributed by atoms with van der Waals surface area (Å²) >= 11 is 3.22. The molecule has 0 fully saturated rings. The highest BCUT2D eigenvalue weighted by molar-refractivity contribution is 9.10. The molecule has 1 aromatic heterocycles. The standard InChI is InChI=1S/C14H21BrN2O2/c1-6-17-7-10(15)12(18)11(8-17)16-13(19)9(2)14(3,4)5/h7-9H,6H2,1-5H3,(H,16,19)/t9-/m0/s1. The van der Waals surface area contributed by atoms with Gasteiger partial charge in [0.2, 0.25) is 11.3 Å². The lowest BCUT2D eigenvalue weighted by Gasteiger charge is -2.26. The zero-order valence-electron chi connectivity index (χ0n) is 12.1. The number of hydrogen-bond donors (Lipinski definition) is 1. The number of aromatic nitrogens is 1. The van der Waals surface area contributed by atoms with Gasteiger partial charge in [-0.05, 0) is 28.3 Å². The molecule has 5 heteroatoms. The monoisotopic (exact) mass is 328 g/mol. The van der Waals surface area contributed by atoms with Crippen LogP contribution in [-0.2, 0) is 11.3 Å². The Morgan fingerprint density at radius 2 is 2.00 bits per heavy atom. The summed E-state index contributed by atoms with van der Waals surface area (Å²) in [5, 5.41) is 2.73. The molecular formula is C14H21BrN2O2. The average Bonchev–Trinajstić information content (AvgIpc) is 2.32. The predicted molar refractivity (Wildman–Crippen MR) is 81.3 cm³/mol. The number of amides is 1. The molecule has 1 amide bonds. The largest absolute Gasteiger partial charge is 0.351 e. The van der Waals surface area contributed by atoms with Gasteiger partial charge in [0, 0.05) is 24.9 Å². The Morgan fingerprint density at radius 3 is 2.47 bits per heavy atom. The number of nitrogens with zero attached hydrogens (tertiary/aromatic N) is 1. The number of pyridine rings is 1. The molecular weight excluding hydrogens is 308 g/mol. The lowest BCUT2D eigenvalue weighted by molar-refractivity contribution is -0.122. The van der Waals surface area contributed by atoms with Gasteiger partial charge in [-0.15, -0.1) is 0 Å². The van der Waals surface area contributed by atoms with Gasteiger partial charge in [0.15, 0.2) is 0 Å². The van der Waals surface area contributed by atoms with E-state index in [2.05, 4.69) is 21.2 Å². The van der Waals surface area contributed by atoms with E-state index in [0.717, 1.165) is 6.54 Å². The Balaban J connectivity index is 3.03. The molecule has 0 aliphatic heterocycles. The molecule has 0 saturated carbocycles. The van der Waals surface area contributed by atoms with E-state index in [0.29, 0.717) is 10.2 Å². The second-order valence-electron chi connectivity index (χ2n) is 5.76. The molecule has 1 aromatic rings. The maximum Gasteiger partial charge on any atom is 0.227 e. The summed E-state index contributed by atoms with van der Waals surface area (Å²) in [4.78, 5) is 24.1. The lowest BCUT2D eigenvalue weighted by atomic mass is 9.81. The number of carbonyl (C=O) groups is 1. The van der Waals surface area contributed by atoms with Crippen LogP contribution in [0.2, 0.25) is 0 Å². The highest BCUT2D eigenvalue weighted by Crippen LogP contribution is 2.26. The summed E-state index contributed by atoms with van der Waals surface area (Å²) in [7, 11) is 0. The fourth-order valence-electron chi connectivity index (χ4n) is 1.50. The first kappa shape index (κ1) is 16.0. The fraction of sp³-hybridized carbons (Fsp3) is 0.571. The Morgan fingerprint density at radius 1 is 1.42 bits per heavy atom. The highest BCUT2D eigenvalue weighted by Gasteiger charge is 2.27. The molecule has 19 heavy (non-hydrogen) atoms. The van der Waals surface area contributed by atoms with Gasteiger partial charge in [0.25, 0.3) is 0 Å². The third-order valence-electron chi connectivity index (χ3n) is 3.35. The van der Waals surface area contributed by atoms with Crippen LogP contribution in [0.3, 0.4) is 0 Å². The van der Waals surface area contributed by atoms with Crippen LogP contribution in [0.5, 0.6) is 0 Å². The molecule has 0 aliphatic rings. The van der Waals surface area contributed by atoms with Crippen LogP contribution in [-0.4, -0.2) is 10.5 Å². The molecule has 0 aliphatic carbocycles. The number of nitrogens with one attached hydrogen (secondary N) is 1. The SMILES string of the molecule is CCn1cc(Br)c(=O)c(NC(=O)[C@H](C)C(C)(C)C)c1. The van der Waals surface area contributed by atoms with Crippen molar-refractivity contribution in [2.75, 3.05) is 5.32 Å². The second-order valence-corrected chi connectivity index (χ2v) is 6.61. The van der Waals surface area contributed by atoms with Crippen LogP contribution < -0.4 is 10.7 Å². The molecule has 4 nitrogen and oxygen atoms in total. The van der Waals surface area contributed by atoms with Gasteiger partial charge in [0.1, 0.15) is 5.69 Å². The summed E-state index contributed by atoms with van der Waals surface area (Å²) in [6, 6.07) is 0. The molecule has 0 saturated heterocycles. The smallest absolute Gasteiger partial charge is 0.227 e. The third-order valence-corrected chi connectivity index (χ3v) is 3.92. The zero-order valence-corrected chi connectivity index (χ0v) is 13.7. The Labute approximate surface area is 122 Å². The number of hydrogen-bond acceptors (Lipinski definition) is 2. The van der Waals surface area contributed by atoms with Gasteiger partial charge in [0.05, 0.1) is 4.47 Å². The van der Waals surface area contributed by atoms with Crippen LogP contribution in [0.4, 0.5) is 5.69 Å². The highest BCUT2D eigenvalue weighted by atomic mass is 79.9. The summed E-state index contributed by atoms with van der Waals surface area (Å²) < 4.78 is 2.30. The van der Waals surface area contributed by atoms with Crippen molar-refractivity contribution in [3.05, 3.63) is 27.1 Å². The molecule has 1 heterocycles. The van der Waals surface area contributed by atoms with Crippen molar-refractivity contribution in [2.24, 2.45) is 11.3 Å². The maximum atomic E-state index is 12.1.